The summed E-state index contributed by atoms with van der Waals surface area (Å²) in [6, 6.07) is 5.05. The van der Waals surface area contributed by atoms with Gasteiger partial charge in [0, 0.05) is 11.1 Å². The van der Waals surface area contributed by atoms with E-state index in [4.69, 9.17) is 16.9 Å². The summed E-state index contributed by atoms with van der Waals surface area (Å²) >= 11 is 5.66. The zero-order chi connectivity index (χ0) is 14.4. The minimum atomic E-state index is -0.679. The minimum absolute atomic E-state index is 0.106. The molecule has 0 spiro atoms. The van der Waals surface area contributed by atoms with Gasteiger partial charge < -0.3 is 5.32 Å². The molecule has 100 valence electrons. The third-order valence-corrected chi connectivity index (χ3v) is 2.67. The number of hydrogen-bond acceptors (Lipinski definition) is 4. The average Bonchev–Trinajstić information content (AvgIpc) is 2.37. The molecule has 1 aromatic carbocycles. The lowest BCUT2D eigenvalue weighted by atomic mass is 10.1. The zero-order valence-electron chi connectivity index (χ0n) is 10.2. The molecule has 0 fully saturated rings. The third kappa shape index (κ3) is 3.93. The Hall–Kier alpha value is -2.13. The highest BCUT2D eigenvalue weighted by Crippen LogP contribution is 2.23. The molecule has 0 bridgehead atoms. The number of nitro groups is 1. The molecule has 0 aliphatic carbocycles. The SMILES string of the molecule is CCCC(C#N)NC(=O)c1ccc(Cl)cc1[N+](=O)[O-]. The van der Waals surface area contributed by atoms with Crippen LogP contribution in [0.1, 0.15) is 30.1 Å². The highest BCUT2D eigenvalue weighted by Gasteiger charge is 2.22. The fourth-order valence-corrected chi connectivity index (χ4v) is 1.71. The van der Waals surface area contributed by atoms with Crippen molar-refractivity contribution >= 4 is 23.2 Å². The molecule has 1 unspecified atom stereocenters. The van der Waals surface area contributed by atoms with Gasteiger partial charge in [-0.15, -0.1) is 0 Å². The van der Waals surface area contributed by atoms with Crippen molar-refractivity contribution in [1.29, 1.82) is 5.26 Å². The summed E-state index contributed by atoms with van der Waals surface area (Å²) in [5.74, 6) is -0.650. The highest BCUT2D eigenvalue weighted by atomic mass is 35.5. The quantitative estimate of drug-likeness (QED) is 0.663. The molecule has 0 saturated heterocycles. The number of rotatable bonds is 5. The second-order valence-corrected chi connectivity index (χ2v) is 4.30. The smallest absolute Gasteiger partial charge is 0.283 e. The lowest BCUT2D eigenvalue weighted by Gasteiger charge is -2.10. The summed E-state index contributed by atoms with van der Waals surface area (Å²) in [5, 5.41) is 22.3. The summed E-state index contributed by atoms with van der Waals surface area (Å²) in [5.41, 5.74) is -0.482. The molecular weight excluding hydrogens is 270 g/mol. The van der Waals surface area contributed by atoms with Crippen LogP contribution >= 0.6 is 11.6 Å². The monoisotopic (exact) mass is 281 g/mol. The molecule has 1 amide bonds. The first kappa shape index (κ1) is 14.9. The lowest BCUT2D eigenvalue weighted by molar-refractivity contribution is -0.385. The van der Waals surface area contributed by atoms with E-state index in [9.17, 15) is 14.9 Å². The highest BCUT2D eigenvalue weighted by molar-refractivity contribution is 6.31. The molecular formula is C12H12ClN3O3. The number of nitrogens with one attached hydrogen (secondary N) is 1. The molecule has 19 heavy (non-hydrogen) atoms. The van der Waals surface area contributed by atoms with Crippen molar-refractivity contribution in [3.05, 3.63) is 38.9 Å². The van der Waals surface area contributed by atoms with Crippen LogP contribution in [0.4, 0.5) is 5.69 Å². The summed E-state index contributed by atoms with van der Waals surface area (Å²) in [6.07, 6.45) is 1.21. The predicted octanol–water partition coefficient (Wildman–Crippen LogP) is 2.67. The van der Waals surface area contributed by atoms with Gasteiger partial charge in [-0.25, -0.2) is 0 Å². The fraction of sp³-hybridized carbons (Fsp3) is 0.333. The van der Waals surface area contributed by atoms with Crippen LogP contribution in [0.3, 0.4) is 0 Å². The van der Waals surface area contributed by atoms with E-state index in [-0.39, 0.29) is 16.3 Å². The number of nitriles is 1. The Balaban J connectivity index is 3.00. The summed E-state index contributed by atoms with van der Waals surface area (Å²) in [7, 11) is 0. The van der Waals surface area contributed by atoms with Gasteiger partial charge in [0.1, 0.15) is 11.6 Å². The van der Waals surface area contributed by atoms with Gasteiger partial charge >= 0.3 is 0 Å². The maximum absolute atomic E-state index is 11.9. The van der Waals surface area contributed by atoms with Gasteiger partial charge in [-0.2, -0.15) is 5.26 Å². The lowest BCUT2D eigenvalue weighted by Crippen LogP contribution is -2.33. The summed E-state index contributed by atoms with van der Waals surface area (Å²) in [6.45, 7) is 1.88. The first-order valence-corrected chi connectivity index (χ1v) is 6.01. The molecule has 1 atom stereocenters. The van der Waals surface area contributed by atoms with E-state index in [2.05, 4.69) is 5.32 Å². The van der Waals surface area contributed by atoms with Crippen LogP contribution in [-0.2, 0) is 0 Å². The van der Waals surface area contributed by atoms with Gasteiger partial charge in [-0.3, -0.25) is 14.9 Å². The fourth-order valence-electron chi connectivity index (χ4n) is 1.54. The van der Waals surface area contributed by atoms with Gasteiger partial charge in [-0.1, -0.05) is 24.9 Å². The van der Waals surface area contributed by atoms with Crippen molar-refractivity contribution in [2.75, 3.05) is 0 Å². The molecule has 1 N–H and O–H groups in total. The molecule has 0 aliphatic rings. The number of nitro benzene ring substituents is 1. The Kier molecular flexibility index (Phi) is 5.27. The van der Waals surface area contributed by atoms with Crippen LogP contribution in [-0.4, -0.2) is 16.9 Å². The molecule has 7 heteroatoms. The van der Waals surface area contributed by atoms with Gasteiger partial charge in [0.05, 0.1) is 11.0 Å². The van der Waals surface area contributed by atoms with Crippen molar-refractivity contribution in [2.24, 2.45) is 0 Å². The Bertz CT molecular complexity index is 540. The molecule has 0 aromatic heterocycles. The molecule has 0 saturated carbocycles. The van der Waals surface area contributed by atoms with Crippen LogP contribution < -0.4 is 5.32 Å². The summed E-state index contributed by atoms with van der Waals surface area (Å²) in [4.78, 5) is 22.1. The molecule has 0 aliphatic heterocycles. The van der Waals surface area contributed by atoms with E-state index in [1.54, 1.807) is 0 Å². The number of carbonyl (C=O) groups is 1. The van der Waals surface area contributed by atoms with Crippen molar-refractivity contribution in [2.45, 2.75) is 25.8 Å². The van der Waals surface area contributed by atoms with Crippen LogP contribution in [0, 0.1) is 21.4 Å². The second-order valence-electron chi connectivity index (χ2n) is 3.86. The predicted molar refractivity (Wildman–Crippen MR) is 69.9 cm³/mol. The minimum Gasteiger partial charge on any atom is -0.336 e. The number of carbonyl (C=O) groups excluding carboxylic acids is 1. The Morgan fingerprint density at radius 2 is 2.32 bits per heavy atom. The van der Waals surface area contributed by atoms with Gasteiger partial charge in [-0.05, 0) is 18.6 Å². The molecule has 0 heterocycles. The Labute approximate surface area is 115 Å². The number of amides is 1. The summed E-state index contributed by atoms with van der Waals surface area (Å²) < 4.78 is 0. The van der Waals surface area contributed by atoms with Crippen LogP contribution in [0.25, 0.3) is 0 Å². The standard InChI is InChI=1S/C12H12ClN3O3/c1-2-3-9(7-14)15-12(17)10-5-4-8(13)6-11(10)16(18)19/h4-6,9H,2-3H2,1H3,(H,15,17). The van der Waals surface area contributed by atoms with E-state index in [0.717, 1.165) is 12.5 Å². The first-order chi connectivity index (χ1) is 8.99. The normalized spacial score (nSPS) is 11.4. The Morgan fingerprint density at radius 3 is 2.84 bits per heavy atom. The molecule has 1 rings (SSSR count). The largest absolute Gasteiger partial charge is 0.336 e. The second kappa shape index (κ2) is 6.71. The van der Waals surface area contributed by atoms with Crippen molar-refractivity contribution < 1.29 is 9.72 Å². The topological polar surface area (TPSA) is 96.0 Å². The number of nitrogens with zero attached hydrogens (tertiary/aromatic N) is 2. The number of benzene rings is 1. The zero-order valence-corrected chi connectivity index (χ0v) is 11.0. The maximum atomic E-state index is 11.9. The van der Waals surface area contributed by atoms with Crippen LogP contribution in [0.2, 0.25) is 5.02 Å². The van der Waals surface area contributed by atoms with Gasteiger partial charge in [0.2, 0.25) is 0 Å². The van der Waals surface area contributed by atoms with Crippen molar-refractivity contribution in [3.8, 4) is 6.07 Å². The molecule has 0 radical (unpaired) electrons. The van der Waals surface area contributed by atoms with E-state index >= 15 is 0 Å². The first-order valence-electron chi connectivity index (χ1n) is 5.64. The molecule has 1 aromatic rings. The van der Waals surface area contributed by atoms with E-state index in [1.165, 1.54) is 12.1 Å². The van der Waals surface area contributed by atoms with Crippen LogP contribution in [0.5, 0.6) is 0 Å². The number of hydrogen-bond donors (Lipinski definition) is 1. The van der Waals surface area contributed by atoms with E-state index in [0.29, 0.717) is 6.42 Å². The van der Waals surface area contributed by atoms with Gasteiger partial charge in [0.15, 0.2) is 0 Å². The van der Waals surface area contributed by atoms with Crippen molar-refractivity contribution in [3.63, 3.8) is 0 Å². The Morgan fingerprint density at radius 1 is 1.63 bits per heavy atom. The van der Waals surface area contributed by atoms with E-state index in [1.807, 2.05) is 13.0 Å². The average molecular weight is 282 g/mol. The maximum Gasteiger partial charge on any atom is 0.283 e. The van der Waals surface area contributed by atoms with Crippen molar-refractivity contribution in [1.82, 2.24) is 5.32 Å². The van der Waals surface area contributed by atoms with Gasteiger partial charge in [0.25, 0.3) is 11.6 Å². The number of halogens is 1. The third-order valence-electron chi connectivity index (χ3n) is 2.44. The van der Waals surface area contributed by atoms with Crippen LogP contribution in [0.15, 0.2) is 18.2 Å². The molecule has 6 nitrogen and oxygen atoms in total. The van der Waals surface area contributed by atoms with E-state index < -0.39 is 16.9 Å².